The van der Waals surface area contributed by atoms with Gasteiger partial charge in [0.15, 0.2) is 5.78 Å². The van der Waals surface area contributed by atoms with E-state index in [4.69, 9.17) is 4.74 Å². The minimum atomic E-state index is -0.267. The highest BCUT2D eigenvalue weighted by Gasteiger charge is 2.08. The Balaban J connectivity index is 1.62. The van der Waals surface area contributed by atoms with Crippen molar-refractivity contribution in [2.24, 2.45) is 0 Å². The topological polar surface area (TPSA) is 80.3 Å². The van der Waals surface area contributed by atoms with Crippen molar-refractivity contribution in [3.8, 4) is 5.75 Å². The zero-order chi connectivity index (χ0) is 19.9. The third-order valence-corrected chi connectivity index (χ3v) is 4.21. The molecule has 1 aromatic heterocycles. The number of ketones is 1. The zero-order valence-corrected chi connectivity index (χ0v) is 15.7. The third kappa shape index (κ3) is 4.94. The molecule has 3 aromatic rings. The van der Waals surface area contributed by atoms with Gasteiger partial charge in [0.05, 0.1) is 18.4 Å². The van der Waals surface area contributed by atoms with Crippen LogP contribution in [0, 0.1) is 0 Å². The van der Waals surface area contributed by atoms with Crippen LogP contribution in [0.2, 0.25) is 0 Å². The lowest BCUT2D eigenvalue weighted by atomic mass is 10.1. The molecule has 0 radical (unpaired) electrons. The molecule has 2 aromatic carbocycles. The summed E-state index contributed by atoms with van der Waals surface area (Å²) in [6.07, 6.45) is 3.18. The molecular formula is C22H21N3O3. The molecule has 142 valence electrons. The fourth-order valence-corrected chi connectivity index (χ4v) is 2.60. The van der Waals surface area contributed by atoms with Crippen LogP contribution >= 0.6 is 0 Å². The highest BCUT2D eigenvalue weighted by Crippen LogP contribution is 2.16. The van der Waals surface area contributed by atoms with Gasteiger partial charge in [-0.1, -0.05) is 12.1 Å². The molecule has 0 aliphatic heterocycles. The van der Waals surface area contributed by atoms with Gasteiger partial charge in [-0.2, -0.15) is 0 Å². The van der Waals surface area contributed by atoms with E-state index < -0.39 is 0 Å². The molecule has 1 heterocycles. The predicted octanol–water partition coefficient (Wildman–Crippen LogP) is 4.16. The van der Waals surface area contributed by atoms with Crippen LogP contribution in [0.25, 0.3) is 0 Å². The van der Waals surface area contributed by atoms with Crippen molar-refractivity contribution < 1.29 is 14.3 Å². The summed E-state index contributed by atoms with van der Waals surface area (Å²) in [5, 5.41) is 6.06. The maximum absolute atomic E-state index is 12.5. The average molecular weight is 375 g/mol. The number of aromatic nitrogens is 1. The van der Waals surface area contributed by atoms with Crippen LogP contribution in [0.5, 0.6) is 5.75 Å². The van der Waals surface area contributed by atoms with E-state index in [0.717, 1.165) is 17.0 Å². The second-order valence-electron chi connectivity index (χ2n) is 6.25. The first kappa shape index (κ1) is 19.1. The summed E-state index contributed by atoms with van der Waals surface area (Å²) in [6.45, 7) is 2.10. The lowest BCUT2D eigenvalue weighted by Crippen LogP contribution is -2.13. The number of carbonyl (C=O) groups is 2. The van der Waals surface area contributed by atoms with Crippen molar-refractivity contribution in [3.63, 3.8) is 0 Å². The standard InChI is InChI=1S/C22H21N3O3/c1-15(26)17-5-7-19(8-6-17)25-22(27)18-11-20(14-23-13-18)24-12-16-3-9-21(28-2)10-4-16/h3-11,13-14,24H,12H2,1-2H3,(H,25,27). The fourth-order valence-electron chi connectivity index (χ4n) is 2.60. The monoisotopic (exact) mass is 375 g/mol. The van der Waals surface area contributed by atoms with Gasteiger partial charge in [0.2, 0.25) is 0 Å². The molecule has 6 nitrogen and oxygen atoms in total. The van der Waals surface area contributed by atoms with Crippen LogP contribution in [0.15, 0.2) is 67.0 Å². The molecule has 0 aliphatic carbocycles. The van der Waals surface area contributed by atoms with E-state index in [2.05, 4.69) is 15.6 Å². The zero-order valence-electron chi connectivity index (χ0n) is 15.7. The van der Waals surface area contributed by atoms with Crippen molar-refractivity contribution in [1.29, 1.82) is 0 Å². The van der Waals surface area contributed by atoms with Crippen LogP contribution in [-0.2, 0) is 6.54 Å². The number of nitrogens with zero attached hydrogens (tertiary/aromatic N) is 1. The molecule has 2 N–H and O–H groups in total. The summed E-state index contributed by atoms with van der Waals surface area (Å²) in [5.74, 6) is 0.523. The average Bonchev–Trinajstić information content (AvgIpc) is 2.73. The Bertz CT molecular complexity index is 967. The first-order valence-corrected chi connectivity index (χ1v) is 8.79. The molecule has 0 fully saturated rings. The molecule has 1 amide bonds. The summed E-state index contributed by atoms with van der Waals surface area (Å²) in [5.41, 5.74) is 3.49. The van der Waals surface area contributed by atoms with E-state index in [0.29, 0.717) is 23.4 Å². The summed E-state index contributed by atoms with van der Waals surface area (Å²) < 4.78 is 5.15. The normalized spacial score (nSPS) is 10.2. The van der Waals surface area contributed by atoms with Gasteiger partial charge in [-0.05, 0) is 55.0 Å². The van der Waals surface area contributed by atoms with Gasteiger partial charge in [-0.3, -0.25) is 14.6 Å². The number of rotatable bonds is 7. The Kier molecular flexibility index (Phi) is 6.01. The molecule has 0 atom stereocenters. The van der Waals surface area contributed by atoms with Gasteiger partial charge in [-0.15, -0.1) is 0 Å². The number of ether oxygens (including phenoxy) is 1. The number of hydrogen-bond donors (Lipinski definition) is 2. The van der Waals surface area contributed by atoms with Crippen LogP contribution in [0.3, 0.4) is 0 Å². The highest BCUT2D eigenvalue weighted by molar-refractivity contribution is 6.04. The number of methoxy groups -OCH3 is 1. The second-order valence-corrected chi connectivity index (χ2v) is 6.25. The van der Waals surface area contributed by atoms with Crippen LogP contribution in [0.1, 0.15) is 33.2 Å². The summed E-state index contributed by atoms with van der Waals surface area (Å²) in [7, 11) is 1.63. The number of anilines is 2. The maximum atomic E-state index is 12.5. The highest BCUT2D eigenvalue weighted by atomic mass is 16.5. The smallest absolute Gasteiger partial charge is 0.257 e. The van der Waals surface area contributed by atoms with Crippen molar-refractivity contribution >= 4 is 23.1 Å². The van der Waals surface area contributed by atoms with E-state index in [9.17, 15) is 9.59 Å². The first-order chi connectivity index (χ1) is 13.5. The van der Waals surface area contributed by atoms with E-state index in [-0.39, 0.29) is 11.7 Å². The predicted molar refractivity (Wildman–Crippen MR) is 109 cm³/mol. The fraction of sp³-hybridized carbons (Fsp3) is 0.136. The molecule has 0 aliphatic rings. The van der Waals surface area contributed by atoms with Gasteiger partial charge in [-0.25, -0.2) is 0 Å². The van der Waals surface area contributed by atoms with E-state index in [1.165, 1.54) is 13.1 Å². The molecule has 6 heteroatoms. The molecule has 0 unspecified atom stereocenters. The minimum Gasteiger partial charge on any atom is -0.497 e. The number of nitrogens with one attached hydrogen (secondary N) is 2. The SMILES string of the molecule is COc1ccc(CNc2cncc(C(=O)Nc3ccc(C(C)=O)cc3)c2)cc1. The molecule has 28 heavy (non-hydrogen) atoms. The van der Waals surface area contributed by atoms with Crippen molar-refractivity contribution in [2.45, 2.75) is 13.5 Å². The number of pyridine rings is 1. The van der Waals surface area contributed by atoms with Gasteiger partial charge in [0.1, 0.15) is 5.75 Å². The Morgan fingerprint density at radius 1 is 0.929 bits per heavy atom. The molecular weight excluding hydrogens is 354 g/mol. The molecule has 0 saturated carbocycles. The molecule has 0 spiro atoms. The van der Waals surface area contributed by atoms with Crippen LogP contribution < -0.4 is 15.4 Å². The van der Waals surface area contributed by atoms with Gasteiger partial charge >= 0.3 is 0 Å². The van der Waals surface area contributed by atoms with Crippen LogP contribution in [-0.4, -0.2) is 23.8 Å². The Morgan fingerprint density at radius 3 is 2.29 bits per heavy atom. The summed E-state index contributed by atoms with van der Waals surface area (Å²) in [4.78, 5) is 27.9. The second kappa shape index (κ2) is 8.81. The van der Waals surface area contributed by atoms with Crippen molar-refractivity contribution in [2.75, 3.05) is 17.7 Å². The van der Waals surface area contributed by atoms with Gasteiger partial charge in [0, 0.05) is 30.2 Å². The van der Waals surface area contributed by atoms with Crippen molar-refractivity contribution in [1.82, 2.24) is 4.98 Å². The number of carbonyl (C=O) groups excluding carboxylic acids is 2. The Morgan fingerprint density at radius 2 is 1.64 bits per heavy atom. The van der Waals surface area contributed by atoms with Crippen LogP contribution in [0.4, 0.5) is 11.4 Å². The van der Waals surface area contributed by atoms with E-state index >= 15 is 0 Å². The number of Topliss-reactive ketones (excluding diaryl/α,β-unsaturated/α-hetero) is 1. The number of benzene rings is 2. The molecule has 0 bridgehead atoms. The largest absolute Gasteiger partial charge is 0.497 e. The van der Waals surface area contributed by atoms with Crippen molar-refractivity contribution in [3.05, 3.63) is 83.7 Å². The molecule has 0 saturated heterocycles. The lowest BCUT2D eigenvalue weighted by molar-refractivity contribution is 0.101. The lowest BCUT2D eigenvalue weighted by Gasteiger charge is -2.09. The van der Waals surface area contributed by atoms with E-state index in [1.54, 1.807) is 43.6 Å². The van der Waals surface area contributed by atoms with E-state index in [1.807, 2.05) is 24.3 Å². The third-order valence-electron chi connectivity index (χ3n) is 4.21. The first-order valence-electron chi connectivity index (χ1n) is 8.79. The quantitative estimate of drug-likeness (QED) is 0.606. The maximum Gasteiger partial charge on any atom is 0.257 e. The number of amides is 1. The summed E-state index contributed by atoms with van der Waals surface area (Å²) in [6, 6.07) is 16.3. The van der Waals surface area contributed by atoms with Gasteiger partial charge < -0.3 is 15.4 Å². The molecule has 3 rings (SSSR count). The summed E-state index contributed by atoms with van der Waals surface area (Å²) >= 11 is 0. The van der Waals surface area contributed by atoms with Gasteiger partial charge in [0.25, 0.3) is 5.91 Å². The number of hydrogen-bond acceptors (Lipinski definition) is 5. The Hall–Kier alpha value is -3.67. The minimum absolute atomic E-state index is 0.0160. The Labute approximate surface area is 163 Å².